The molecule has 1 amide bonds. The lowest BCUT2D eigenvalue weighted by Crippen LogP contribution is -2.37. The topological polar surface area (TPSA) is 79.4 Å². The van der Waals surface area contributed by atoms with Crippen LogP contribution in [0.2, 0.25) is 0 Å². The molecular formula is C18H15F2N3O3S. The van der Waals surface area contributed by atoms with Crippen LogP contribution >= 0.6 is 0 Å². The fourth-order valence-electron chi connectivity index (χ4n) is 2.58. The van der Waals surface area contributed by atoms with Crippen LogP contribution in [0.3, 0.4) is 0 Å². The fraction of sp³-hybridized carbons (Fsp3) is 0.111. The fourth-order valence-corrected chi connectivity index (χ4v) is 3.43. The van der Waals surface area contributed by atoms with Gasteiger partial charge in [0, 0.05) is 23.3 Å². The van der Waals surface area contributed by atoms with E-state index < -0.39 is 34.1 Å². The summed E-state index contributed by atoms with van der Waals surface area (Å²) in [6, 6.07) is 11.3. The number of nitrogens with zero attached hydrogens (tertiary/aromatic N) is 2. The molecular weight excluding hydrogens is 376 g/mol. The number of carbonyl (C=O) groups excluding carboxylic acids is 1. The molecule has 0 spiro atoms. The van der Waals surface area contributed by atoms with Crippen LogP contribution < -0.4 is 9.62 Å². The Hall–Kier alpha value is -3.07. The lowest BCUT2D eigenvalue weighted by molar-refractivity contribution is -0.114. The zero-order chi connectivity index (χ0) is 19.6. The first-order valence-electron chi connectivity index (χ1n) is 7.82. The van der Waals surface area contributed by atoms with Crippen molar-refractivity contribution >= 4 is 38.2 Å². The Labute approximate surface area is 154 Å². The number of benzene rings is 2. The minimum Gasteiger partial charge on any atom is -0.324 e. The molecule has 1 aromatic heterocycles. The van der Waals surface area contributed by atoms with E-state index in [4.69, 9.17) is 0 Å². The molecule has 2 aromatic carbocycles. The summed E-state index contributed by atoms with van der Waals surface area (Å²) in [6.07, 6.45) is 2.49. The molecule has 0 aliphatic carbocycles. The molecule has 0 aliphatic rings. The van der Waals surface area contributed by atoms with E-state index in [-0.39, 0.29) is 11.4 Å². The van der Waals surface area contributed by atoms with E-state index in [1.54, 1.807) is 30.3 Å². The Balaban J connectivity index is 1.92. The van der Waals surface area contributed by atoms with Crippen molar-refractivity contribution in [2.45, 2.75) is 0 Å². The van der Waals surface area contributed by atoms with Crippen LogP contribution in [0.5, 0.6) is 0 Å². The molecule has 140 valence electrons. The van der Waals surface area contributed by atoms with Gasteiger partial charge in [-0.25, -0.2) is 17.2 Å². The summed E-state index contributed by atoms with van der Waals surface area (Å²) in [6.45, 7) is -0.548. The molecule has 1 heterocycles. The average molecular weight is 391 g/mol. The number of hydrogen-bond donors (Lipinski definition) is 1. The van der Waals surface area contributed by atoms with Crippen LogP contribution in [-0.2, 0) is 14.8 Å². The van der Waals surface area contributed by atoms with Crippen LogP contribution in [0.1, 0.15) is 0 Å². The second-order valence-electron chi connectivity index (χ2n) is 5.80. The van der Waals surface area contributed by atoms with Gasteiger partial charge in [-0.1, -0.05) is 18.2 Å². The van der Waals surface area contributed by atoms with E-state index in [1.165, 1.54) is 12.3 Å². The van der Waals surface area contributed by atoms with Gasteiger partial charge >= 0.3 is 0 Å². The van der Waals surface area contributed by atoms with E-state index in [2.05, 4.69) is 10.3 Å². The van der Waals surface area contributed by atoms with Crippen LogP contribution in [0.4, 0.5) is 20.2 Å². The third-order valence-corrected chi connectivity index (χ3v) is 4.90. The predicted molar refractivity (Wildman–Crippen MR) is 98.9 cm³/mol. The molecule has 0 atom stereocenters. The van der Waals surface area contributed by atoms with Crippen molar-refractivity contribution < 1.29 is 22.0 Å². The normalized spacial score (nSPS) is 11.4. The zero-order valence-electron chi connectivity index (χ0n) is 14.2. The number of fused-ring (bicyclic) bond motifs is 1. The van der Waals surface area contributed by atoms with Crippen molar-refractivity contribution in [3.8, 4) is 0 Å². The number of nitrogens with one attached hydrogen (secondary N) is 1. The van der Waals surface area contributed by atoms with Crippen molar-refractivity contribution in [3.63, 3.8) is 0 Å². The van der Waals surface area contributed by atoms with E-state index >= 15 is 0 Å². The molecule has 0 unspecified atom stereocenters. The maximum absolute atomic E-state index is 13.3. The monoisotopic (exact) mass is 391 g/mol. The number of rotatable bonds is 5. The highest BCUT2D eigenvalue weighted by Gasteiger charge is 2.23. The Bertz CT molecular complexity index is 1110. The molecule has 6 nitrogen and oxygen atoms in total. The molecule has 0 fully saturated rings. The molecule has 3 rings (SSSR count). The van der Waals surface area contributed by atoms with Gasteiger partial charge in [0.05, 0.1) is 17.5 Å². The first-order chi connectivity index (χ1) is 12.8. The average Bonchev–Trinajstić information content (AvgIpc) is 2.61. The van der Waals surface area contributed by atoms with Gasteiger partial charge in [-0.2, -0.15) is 0 Å². The number of pyridine rings is 1. The summed E-state index contributed by atoms with van der Waals surface area (Å²) in [7, 11) is -3.81. The maximum Gasteiger partial charge on any atom is 0.245 e. The molecule has 0 bridgehead atoms. The second kappa shape index (κ2) is 7.28. The SMILES string of the molecule is CS(=O)(=O)N(CC(=O)Nc1ccc(F)c(F)c1)c1cccc2cccnc12. The highest BCUT2D eigenvalue weighted by molar-refractivity contribution is 7.92. The summed E-state index contributed by atoms with van der Waals surface area (Å²) in [4.78, 5) is 16.5. The smallest absolute Gasteiger partial charge is 0.245 e. The minimum absolute atomic E-state index is 0.0170. The van der Waals surface area contributed by atoms with Crippen molar-refractivity contribution in [1.29, 1.82) is 0 Å². The van der Waals surface area contributed by atoms with Gasteiger partial charge in [-0.05, 0) is 24.3 Å². The molecule has 27 heavy (non-hydrogen) atoms. The second-order valence-corrected chi connectivity index (χ2v) is 7.71. The first-order valence-corrected chi connectivity index (χ1v) is 9.67. The Morgan fingerprint density at radius 1 is 1.11 bits per heavy atom. The summed E-state index contributed by atoms with van der Waals surface area (Å²) in [5.41, 5.74) is 0.686. The van der Waals surface area contributed by atoms with E-state index in [0.29, 0.717) is 10.9 Å². The van der Waals surface area contributed by atoms with Gasteiger partial charge in [0.15, 0.2) is 11.6 Å². The van der Waals surface area contributed by atoms with E-state index in [1.807, 2.05) is 0 Å². The number of halogens is 2. The summed E-state index contributed by atoms with van der Waals surface area (Å²) < 4.78 is 51.7. The Kier molecular flexibility index (Phi) is 5.04. The standard InChI is InChI=1S/C18H15F2N3O3S/c1-27(25,26)23(16-6-2-4-12-5-3-9-21-18(12)16)11-17(24)22-13-7-8-14(19)15(20)10-13/h2-10H,11H2,1H3,(H,22,24). The van der Waals surface area contributed by atoms with Crippen molar-refractivity contribution in [1.82, 2.24) is 4.98 Å². The largest absolute Gasteiger partial charge is 0.324 e. The van der Waals surface area contributed by atoms with Gasteiger partial charge in [-0.3, -0.25) is 14.1 Å². The molecule has 0 aliphatic heterocycles. The number of sulfonamides is 1. The molecule has 9 heteroatoms. The van der Waals surface area contributed by atoms with Gasteiger partial charge in [0.25, 0.3) is 0 Å². The summed E-state index contributed by atoms with van der Waals surface area (Å²) >= 11 is 0. The third kappa shape index (κ3) is 4.20. The predicted octanol–water partition coefficient (Wildman–Crippen LogP) is 2.92. The van der Waals surface area contributed by atoms with Crippen LogP contribution in [-0.4, -0.2) is 32.1 Å². The maximum atomic E-state index is 13.3. The van der Waals surface area contributed by atoms with E-state index in [9.17, 15) is 22.0 Å². The van der Waals surface area contributed by atoms with Crippen molar-refractivity contribution in [2.75, 3.05) is 22.4 Å². The highest BCUT2D eigenvalue weighted by atomic mass is 32.2. The number of carbonyl (C=O) groups is 1. The lowest BCUT2D eigenvalue weighted by atomic mass is 10.2. The van der Waals surface area contributed by atoms with Gasteiger partial charge < -0.3 is 5.32 Å². The highest BCUT2D eigenvalue weighted by Crippen LogP contribution is 2.26. The Morgan fingerprint density at radius 3 is 2.56 bits per heavy atom. The molecule has 3 aromatic rings. The number of anilines is 2. The number of amides is 1. The summed E-state index contributed by atoms with van der Waals surface area (Å²) in [5, 5.41) is 3.07. The molecule has 0 saturated heterocycles. The van der Waals surface area contributed by atoms with Gasteiger partial charge in [0.1, 0.15) is 6.54 Å². The zero-order valence-corrected chi connectivity index (χ0v) is 15.0. The van der Waals surface area contributed by atoms with Gasteiger partial charge in [-0.15, -0.1) is 0 Å². The first kappa shape index (κ1) is 18.7. The molecule has 0 radical (unpaired) electrons. The van der Waals surface area contributed by atoms with Crippen LogP contribution in [0.25, 0.3) is 10.9 Å². The van der Waals surface area contributed by atoms with Crippen LogP contribution in [0.15, 0.2) is 54.7 Å². The van der Waals surface area contributed by atoms with Crippen LogP contribution in [0, 0.1) is 11.6 Å². The summed E-state index contributed by atoms with van der Waals surface area (Å²) in [5.74, 6) is -2.88. The van der Waals surface area contributed by atoms with Crippen molar-refractivity contribution in [2.24, 2.45) is 0 Å². The number of aromatic nitrogens is 1. The molecule has 0 saturated carbocycles. The van der Waals surface area contributed by atoms with Crippen molar-refractivity contribution in [3.05, 3.63) is 66.4 Å². The third-order valence-electron chi connectivity index (χ3n) is 3.77. The van der Waals surface area contributed by atoms with E-state index in [0.717, 1.165) is 22.7 Å². The minimum atomic E-state index is -3.81. The number of hydrogen-bond acceptors (Lipinski definition) is 4. The quantitative estimate of drug-likeness (QED) is 0.725. The van der Waals surface area contributed by atoms with Gasteiger partial charge in [0.2, 0.25) is 15.9 Å². The lowest BCUT2D eigenvalue weighted by Gasteiger charge is -2.23. The Morgan fingerprint density at radius 2 is 1.85 bits per heavy atom. The molecule has 1 N–H and O–H groups in total. The number of para-hydroxylation sites is 1.